The van der Waals surface area contributed by atoms with Gasteiger partial charge in [0.2, 0.25) is 5.91 Å². The molecular weight excluding hydrogens is 476 g/mol. The van der Waals surface area contributed by atoms with E-state index in [1.165, 1.54) is 11.3 Å². The van der Waals surface area contributed by atoms with Crippen molar-refractivity contribution in [2.45, 2.75) is 39.7 Å². The fraction of sp³-hybridized carbons (Fsp3) is 0.400. The summed E-state index contributed by atoms with van der Waals surface area (Å²) in [5.41, 5.74) is 3.22. The summed E-state index contributed by atoms with van der Waals surface area (Å²) in [6.45, 7) is 8.17. The van der Waals surface area contributed by atoms with Gasteiger partial charge in [-0.1, -0.05) is 0 Å². The Kier molecular flexibility index (Phi) is 6.59. The number of carbonyl (C=O) groups excluding carboxylic acids is 2. The van der Waals surface area contributed by atoms with Gasteiger partial charge in [-0.15, -0.1) is 11.3 Å². The van der Waals surface area contributed by atoms with E-state index in [1.807, 2.05) is 26.4 Å². The lowest BCUT2D eigenvalue weighted by Crippen LogP contribution is -2.28. The second-order valence-corrected chi connectivity index (χ2v) is 10.6. The van der Waals surface area contributed by atoms with Crippen LogP contribution in [-0.4, -0.2) is 60.2 Å². The highest BCUT2D eigenvalue weighted by atomic mass is 32.1. The molecule has 1 atom stereocenters. The SMILES string of the molecule is Cc1ncc(NC(=O)CC2CCN(C(C)C)C2)cc1NC(=O)c1cnn2cc(-c3cnn(C)c3)sc12. The van der Waals surface area contributed by atoms with Gasteiger partial charge < -0.3 is 15.5 Å². The van der Waals surface area contributed by atoms with Crippen molar-refractivity contribution in [3.63, 3.8) is 0 Å². The molecule has 1 aliphatic heterocycles. The first-order valence-corrected chi connectivity index (χ1v) is 12.9. The highest BCUT2D eigenvalue weighted by Gasteiger charge is 2.26. The highest BCUT2D eigenvalue weighted by molar-refractivity contribution is 7.21. The molecule has 5 heterocycles. The second kappa shape index (κ2) is 9.82. The maximum Gasteiger partial charge on any atom is 0.260 e. The van der Waals surface area contributed by atoms with E-state index in [1.54, 1.807) is 33.9 Å². The predicted octanol–water partition coefficient (Wildman–Crippen LogP) is 3.81. The Morgan fingerprint density at radius 2 is 2.00 bits per heavy atom. The summed E-state index contributed by atoms with van der Waals surface area (Å²) in [5.74, 6) is 0.0446. The maximum atomic E-state index is 13.1. The summed E-state index contributed by atoms with van der Waals surface area (Å²) in [7, 11) is 1.86. The molecule has 10 nitrogen and oxygen atoms in total. The third-order valence-corrected chi connectivity index (χ3v) is 7.73. The lowest BCUT2D eigenvalue weighted by atomic mass is 10.0. The summed E-state index contributed by atoms with van der Waals surface area (Å²) in [5, 5.41) is 14.4. The molecule has 4 aromatic rings. The minimum atomic E-state index is -0.280. The number of likely N-dealkylation sites (tertiary alicyclic amines) is 1. The number of hydrogen-bond donors (Lipinski definition) is 2. The molecule has 0 aromatic carbocycles. The predicted molar refractivity (Wildman–Crippen MR) is 140 cm³/mol. The Bertz CT molecular complexity index is 1420. The number of anilines is 2. The molecule has 1 aliphatic rings. The molecular formula is C25H30N8O2S. The van der Waals surface area contributed by atoms with E-state index < -0.39 is 0 Å². The van der Waals surface area contributed by atoms with E-state index in [0.717, 1.165) is 34.8 Å². The lowest BCUT2D eigenvalue weighted by molar-refractivity contribution is -0.117. The molecule has 0 aliphatic carbocycles. The minimum absolute atomic E-state index is 0.0339. The fourth-order valence-electron chi connectivity index (χ4n) is 4.51. The summed E-state index contributed by atoms with van der Waals surface area (Å²) < 4.78 is 3.44. The van der Waals surface area contributed by atoms with Crippen molar-refractivity contribution in [2.75, 3.05) is 23.7 Å². The molecule has 0 radical (unpaired) electrons. The van der Waals surface area contributed by atoms with Crippen molar-refractivity contribution < 1.29 is 9.59 Å². The second-order valence-electron chi connectivity index (χ2n) is 9.61. The van der Waals surface area contributed by atoms with Gasteiger partial charge in [0.05, 0.1) is 46.1 Å². The van der Waals surface area contributed by atoms with E-state index in [9.17, 15) is 9.59 Å². The van der Waals surface area contributed by atoms with Crippen LogP contribution in [0.2, 0.25) is 0 Å². The number of rotatable bonds is 7. The maximum absolute atomic E-state index is 13.1. The van der Waals surface area contributed by atoms with Crippen LogP contribution in [0.5, 0.6) is 0 Å². The largest absolute Gasteiger partial charge is 0.325 e. The van der Waals surface area contributed by atoms with Crippen molar-refractivity contribution >= 4 is 39.4 Å². The molecule has 0 saturated carbocycles. The van der Waals surface area contributed by atoms with Gasteiger partial charge in [-0.05, 0) is 45.7 Å². The Labute approximate surface area is 213 Å². The van der Waals surface area contributed by atoms with Crippen molar-refractivity contribution in [2.24, 2.45) is 13.0 Å². The van der Waals surface area contributed by atoms with Crippen LogP contribution in [0.1, 0.15) is 42.7 Å². The van der Waals surface area contributed by atoms with Crippen LogP contribution in [0.3, 0.4) is 0 Å². The summed E-state index contributed by atoms with van der Waals surface area (Å²) in [6.07, 6.45) is 10.3. The number of carbonyl (C=O) groups is 2. The van der Waals surface area contributed by atoms with Crippen LogP contribution in [0, 0.1) is 12.8 Å². The topological polar surface area (TPSA) is 109 Å². The molecule has 188 valence electrons. The van der Waals surface area contributed by atoms with Gasteiger partial charge in [0, 0.05) is 44.0 Å². The zero-order valence-electron chi connectivity index (χ0n) is 20.9. The first-order valence-electron chi connectivity index (χ1n) is 12.0. The molecule has 11 heteroatoms. The molecule has 2 N–H and O–H groups in total. The summed E-state index contributed by atoms with van der Waals surface area (Å²) in [4.78, 5) is 34.3. The van der Waals surface area contributed by atoms with Crippen molar-refractivity contribution in [1.29, 1.82) is 0 Å². The quantitative estimate of drug-likeness (QED) is 0.395. The van der Waals surface area contributed by atoms with E-state index in [2.05, 4.69) is 44.6 Å². The summed E-state index contributed by atoms with van der Waals surface area (Å²) in [6, 6.07) is 2.25. The minimum Gasteiger partial charge on any atom is -0.325 e. The van der Waals surface area contributed by atoms with Crippen molar-refractivity contribution in [1.82, 2.24) is 29.3 Å². The van der Waals surface area contributed by atoms with E-state index in [0.29, 0.717) is 41.0 Å². The molecule has 1 saturated heterocycles. The molecule has 1 fully saturated rings. The molecule has 1 unspecified atom stereocenters. The standard InChI is InChI=1S/C25H30N8O2S/c1-15(2)32-6-5-17(12-32)7-23(34)29-19-8-21(16(3)26-10-19)30-24(35)20-11-28-33-14-22(36-25(20)33)18-9-27-31(4)13-18/h8-11,13-15,17H,5-7,12H2,1-4H3,(H,29,34)(H,30,35). The summed E-state index contributed by atoms with van der Waals surface area (Å²) >= 11 is 1.48. The van der Waals surface area contributed by atoms with Gasteiger partial charge in [-0.3, -0.25) is 19.3 Å². The number of aromatic nitrogens is 5. The molecule has 0 spiro atoms. The molecule has 4 aromatic heterocycles. The Morgan fingerprint density at radius 1 is 1.17 bits per heavy atom. The van der Waals surface area contributed by atoms with Gasteiger partial charge in [0.1, 0.15) is 4.83 Å². The smallest absolute Gasteiger partial charge is 0.260 e. The van der Waals surface area contributed by atoms with Gasteiger partial charge in [-0.2, -0.15) is 10.2 Å². The number of nitrogens with zero attached hydrogens (tertiary/aromatic N) is 6. The average molecular weight is 507 g/mol. The van der Waals surface area contributed by atoms with Crippen molar-refractivity contribution in [3.05, 3.63) is 48.3 Å². The molecule has 5 rings (SSSR count). The van der Waals surface area contributed by atoms with Gasteiger partial charge >= 0.3 is 0 Å². The first-order chi connectivity index (χ1) is 17.3. The molecule has 0 bridgehead atoms. The fourth-order valence-corrected chi connectivity index (χ4v) is 5.55. The molecule has 36 heavy (non-hydrogen) atoms. The van der Waals surface area contributed by atoms with E-state index in [-0.39, 0.29) is 11.8 Å². The van der Waals surface area contributed by atoms with E-state index in [4.69, 9.17) is 0 Å². The average Bonchev–Trinajstić information content (AvgIpc) is 3.60. The Hall–Kier alpha value is -3.57. The van der Waals surface area contributed by atoms with Crippen LogP contribution in [0.15, 0.2) is 37.1 Å². The number of fused-ring (bicyclic) bond motifs is 1. The zero-order chi connectivity index (χ0) is 25.4. The van der Waals surface area contributed by atoms with Crippen LogP contribution in [-0.2, 0) is 11.8 Å². The molecule has 2 amide bonds. The number of aryl methyl sites for hydroxylation is 2. The van der Waals surface area contributed by atoms with Crippen LogP contribution >= 0.6 is 11.3 Å². The normalized spacial score (nSPS) is 16.2. The monoisotopic (exact) mass is 506 g/mol. The van der Waals surface area contributed by atoms with Crippen molar-refractivity contribution in [3.8, 4) is 10.4 Å². The zero-order valence-corrected chi connectivity index (χ0v) is 21.7. The van der Waals surface area contributed by atoms with E-state index >= 15 is 0 Å². The third kappa shape index (κ3) is 5.02. The first kappa shape index (κ1) is 24.1. The lowest BCUT2D eigenvalue weighted by Gasteiger charge is -2.20. The number of hydrogen-bond acceptors (Lipinski definition) is 7. The number of pyridine rings is 1. The number of nitrogens with one attached hydrogen (secondary N) is 2. The third-order valence-electron chi connectivity index (χ3n) is 6.57. The van der Waals surface area contributed by atoms with Crippen LogP contribution in [0.4, 0.5) is 11.4 Å². The Morgan fingerprint density at radius 3 is 2.72 bits per heavy atom. The highest BCUT2D eigenvalue weighted by Crippen LogP contribution is 2.31. The Balaban J connectivity index is 1.26. The van der Waals surface area contributed by atoms with Gasteiger partial charge in [0.25, 0.3) is 5.91 Å². The van der Waals surface area contributed by atoms with Gasteiger partial charge in [-0.25, -0.2) is 4.52 Å². The van der Waals surface area contributed by atoms with Crippen LogP contribution < -0.4 is 10.6 Å². The van der Waals surface area contributed by atoms with Gasteiger partial charge in [0.15, 0.2) is 0 Å². The number of thiazole rings is 1. The number of amides is 2. The van der Waals surface area contributed by atoms with Crippen LogP contribution in [0.25, 0.3) is 15.3 Å².